The van der Waals surface area contributed by atoms with Gasteiger partial charge in [-0.3, -0.25) is 4.79 Å². The van der Waals surface area contributed by atoms with Crippen molar-refractivity contribution in [1.82, 2.24) is 0 Å². The van der Waals surface area contributed by atoms with Crippen molar-refractivity contribution in [3.05, 3.63) is 28.8 Å². The van der Waals surface area contributed by atoms with Crippen LogP contribution in [0.4, 0.5) is 5.69 Å². The van der Waals surface area contributed by atoms with Gasteiger partial charge in [0.25, 0.3) is 0 Å². The van der Waals surface area contributed by atoms with E-state index in [1.54, 1.807) is 12.1 Å². The first kappa shape index (κ1) is 9.36. The Balaban J connectivity index is 3.05. The van der Waals surface area contributed by atoms with Crippen molar-refractivity contribution in [2.75, 3.05) is 11.6 Å². The molecule has 0 radical (unpaired) electrons. The summed E-state index contributed by atoms with van der Waals surface area (Å²) >= 11 is 11.0. The van der Waals surface area contributed by atoms with Crippen LogP contribution < -0.4 is 5.73 Å². The lowest BCUT2D eigenvalue weighted by Gasteiger charge is -2.00. The van der Waals surface area contributed by atoms with Gasteiger partial charge in [0.2, 0.25) is 0 Å². The van der Waals surface area contributed by atoms with E-state index in [1.807, 2.05) is 0 Å². The molecule has 1 rings (SSSR count). The third-order valence-corrected chi connectivity index (χ3v) is 2.03. The summed E-state index contributed by atoms with van der Waals surface area (Å²) in [4.78, 5) is 11.0. The van der Waals surface area contributed by atoms with Gasteiger partial charge in [-0.2, -0.15) is 0 Å². The van der Waals surface area contributed by atoms with E-state index in [2.05, 4.69) is 0 Å². The second-order valence-electron chi connectivity index (χ2n) is 2.29. The highest BCUT2D eigenvalue weighted by atomic mass is 35.5. The first-order valence-corrected chi connectivity index (χ1v) is 4.20. The first-order chi connectivity index (χ1) is 5.65. The van der Waals surface area contributed by atoms with Crippen LogP contribution in [0.2, 0.25) is 5.02 Å². The summed E-state index contributed by atoms with van der Waals surface area (Å²) in [7, 11) is 0. The van der Waals surface area contributed by atoms with Crippen LogP contribution in [0.5, 0.6) is 0 Å². The molecule has 0 saturated heterocycles. The fraction of sp³-hybridized carbons (Fsp3) is 0.125. The van der Waals surface area contributed by atoms with Crippen LogP contribution in [0.25, 0.3) is 0 Å². The number of hydrogen-bond donors (Lipinski definition) is 1. The minimum atomic E-state index is -0.153. The summed E-state index contributed by atoms with van der Waals surface area (Å²) in [6, 6.07) is 4.70. The number of benzene rings is 1. The van der Waals surface area contributed by atoms with Crippen LogP contribution in [0, 0.1) is 0 Å². The SMILES string of the molecule is Nc1cc(C(=O)CCl)ccc1Cl. The van der Waals surface area contributed by atoms with Crippen LogP contribution in [-0.2, 0) is 0 Å². The Hall–Kier alpha value is -0.730. The fourth-order valence-electron chi connectivity index (χ4n) is 0.794. The maximum atomic E-state index is 11.0. The van der Waals surface area contributed by atoms with E-state index in [-0.39, 0.29) is 11.7 Å². The first-order valence-electron chi connectivity index (χ1n) is 3.29. The Morgan fingerprint density at radius 2 is 2.17 bits per heavy atom. The number of halogens is 2. The topological polar surface area (TPSA) is 43.1 Å². The smallest absolute Gasteiger partial charge is 0.177 e. The molecule has 0 aliphatic heterocycles. The van der Waals surface area contributed by atoms with Gasteiger partial charge in [-0.05, 0) is 18.2 Å². The molecule has 0 atom stereocenters. The van der Waals surface area contributed by atoms with Gasteiger partial charge in [-0.1, -0.05) is 11.6 Å². The number of hydrogen-bond acceptors (Lipinski definition) is 2. The minimum Gasteiger partial charge on any atom is -0.398 e. The van der Waals surface area contributed by atoms with Crippen LogP contribution in [0.1, 0.15) is 10.4 Å². The molecule has 0 fully saturated rings. The molecule has 0 aromatic heterocycles. The maximum absolute atomic E-state index is 11.0. The Labute approximate surface area is 80.3 Å². The van der Waals surface area contributed by atoms with Crippen molar-refractivity contribution in [3.63, 3.8) is 0 Å². The van der Waals surface area contributed by atoms with Gasteiger partial charge in [-0.25, -0.2) is 0 Å². The molecule has 64 valence electrons. The molecule has 0 spiro atoms. The average Bonchev–Trinajstić information content (AvgIpc) is 2.08. The van der Waals surface area contributed by atoms with Gasteiger partial charge in [0, 0.05) is 5.56 Å². The van der Waals surface area contributed by atoms with Gasteiger partial charge in [0.15, 0.2) is 5.78 Å². The monoisotopic (exact) mass is 203 g/mol. The molecule has 0 saturated carbocycles. The summed E-state index contributed by atoms with van der Waals surface area (Å²) in [5, 5.41) is 0.445. The largest absolute Gasteiger partial charge is 0.398 e. The lowest BCUT2D eigenvalue weighted by atomic mass is 10.1. The predicted octanol–water partition coefficient (Wildman–Crippen LogP) is 2.34. The van der Waals surface area contributed by atoms with E-state index in [9.17, 15) is 4.79 Å². The number of anilines is 1. The predicted molar refractivity (Wildman–Crippen MR) is 50.9 cm³/mol. The van der Waals surface area contributed by atoms with Crippen molar-refractivity contribution in [2.24, 2.45) is 0 Å². The lowest BCUT2D eigenvalue weighted by molar-refractivity contribution is 0.102. The third-order valence-electron chi connectivity index (χ3n) is 1.44. The van der Waals surface area contributed by atoms with Crippen molar-refractivity contribution < 1.29 is 4.79 Å². The van der Waals surface area contributed by atoms with Gasteiger partial charge < -0.3 is 5.73 Å². The summed E-state index contributed by atoms with van der Waals surface area (Å²) in [6.45, 7) is 0. The lowest BCUT2D eigenvalue weighted by Crippen LogP contribution is -2.01. The Morgan fingerprint density at radius 1 is 1.50 bits per heavy atom. The third kappa shape index (κ3) is 1.90. The Bertz CT molecular complexity index is 312. The van der Waals surface area contributed by atoms with Crippen LogP contribution in [-0.4, -0.2) is 11.7 Å². The molecule has 0 bridgehead atoms. The highest BCUT2D eigenvalue weighted by Crippen LogP contribution is 2.19. The molecule has 2 N–H and O–H groups in total. The second kappa shape index (κ2) is 3.78. The van der Waals surface area contributed by atoms with Crippen LogP contribution in [0.3, 0.4) is 0 Å². The van der Waals surface area contributed by atoms with E-state index in [0.29, 0.717) is 16.3 Å². The second-order valence-corrected chi connectivity index (χ2v) is 2.97. The Morgan fingerprint density at radius 3 is 2.67 bits per heavy atom. The average molecular weight is 204 g/mol. The molecule has 1 aromatic rings. The van der Waals surface area contributed by atoms with Gasteiger partial charge in [-0.15, -0.1) is 11.6 Å². The van der Waals surface area contributed by atoms with Crippen LogP contribution in [0.15, 0.2) is 18.2 Å². The number of ketones is 1. The fourth-order valence-corrected chi connectivity index (χ4v) is 1.07. The number of nitrogen functional groups attached to an aromatic ring is 1. The highest BCUT2D eigenvalue weighted by molar-refractivity contribution is 6.33. The molecule has 12 heavy (non-hydrogen) atoms. The summed E-state index contributed by atoms with van der Waals surface area (Å²) < 4.78 is 0. The molecule has 0 aliphatic carbocycles. The molecule has 2 nitrogen and oxygen atoms in total. The maximum Gasteiger partial charge on any atom is 0.177 e. The molecule has 1 aromatic carbocycles. The number of Topliss-reactive ketones (excluding diaryl/α,β-unsaturated/α-hetero) is 1. The molecule has 0 amide bonds. The Kier molecular flexibility index (Phi) is 2.95. The molecule has 4 heteroatoms. The molecular weight excluding hydrogens is 197 g/mol. The number of rotatable bonds is 2. The van der Waals surface area contributed by atoms with Crippen LogP contribution >= 0.6 is 23.2 Å². The van der Waals surface area contributed by atoms with Gasteiger partial charge >= 0.3 is 0 Å². The van der Waals surface area contributed by atoms with E-state index in [1.165, 1.54) is 6.07 Å². The van der Waals surface area contributed by atoms with Crippen molar-refractivity contribution in [2.45, 2.75) is 0 Å². The standard InChI is InChI=1S/C8H7Cl2NO/c9-4-8(12)5-1-2-6(10)7(11)3-5/h1-3H,4,11H2. The zero-order chi connectivity index (χ0) is 9.14. The quantitative estimate of drug-likeness (QED) is 0.456. The summed E-state index contributed by atoms with van der Waals surface area (Å²) in [6.07, 6.45) is 0. The number of nitrogens with two attached hydrogens (primary N) is 1. The number of carbonyl (C=O) groups excluding carboxylic acids is 1. The molecule has 0 unspecified atom stereocenters. The number of carbonyl (C=O) groups is 1. The van der Waals surface area contributed by atoms with Crippen molar-refractivity contribution >= 4 is 34.7 Å². The number of alkyl halides is 1. The van der Waals surface area contributed by atoms with E-state index >= 15 is 0 Å². The normalized spacial score (nSPS) is 9.83. The highest BCUT2D eigenvalue weighted by Gasteiger charge is 2.05. The molecular formula is C8H7Cl2NO. The molecule has 0 aliphatic rings. The van der Waals surface area contributed by atoms with E-state index in [4.69, 9.17) is 28.9 Å². The van der Waals surface area contributed by atoms with Gasteiger partial charge in [0.1, 0.15) is 0 Å². The summed E-state index contributed by atoms with van der Waals surface area (Å²) in [5.74, 6) is -0.193. The van der Waals surface area contributed by atoms with Crippen molar-refractivity contribution in [1.29, 1.82) is 0 Å². The van der Waals surface area contributed by atoms with Gasteiger partial charge in [0.05, 0.1) is 16.6 Å². The zero-order valence-corrected chi connectivity index (χ0v) is 7.69. The zero-order valence-electron chi connectivity index (χ0n) is 6.18. The van der Waals surface area contributed by atoms with E-state index < -0.39 is 0 Å². The van der Waals surface area contributed by atoms with E-state index in [0.717, 1.165) is 0 Å². The summed E-state index contributed by atoms with van der Waals surface area (Å²) in [5.41, 5.74) is 6.37. The molecule has 0 heterocycles. The van der Waals surface area contributed by atoms with Crippen molar-refractivity contribution in [3.8, 4) is 0 Å². The minimum absolute atomic E-state index is 0.0406.